The van der Waals surface area contributed by atoms with E-state index in [1.165, 1.54) is 11.3 Å². The molecule has 152 valence electrons. The average molecular weight is 412 g/mol. The fourth-order valence-electron chi connectivity index (χ4n) is 4.25. The number of hydrogen-bond donors (Lipinski definition) is 1. The van der Waals surface area contributed by atoms with E-state index in [1.54, 1.807) is 17.0 Å². The summed E-state index contributed by atoms with van der Waals surface area (Å²) >= 11 is 1.32. The summed E-state index contributed by atoms with van der Waals surface area (Å²) in [5.74, 6) is -0.367. The van der Waals surface area contributed by atoms with E-state index in [-0.39, 0.29) is 17.4 Å². The Hall–Kier alpha value is -2.60. The number of benzene rings is 1. The lowest BCUT2D eigenvalue weighted by Gasteiger charge is -2.32. The van der Waals surface area contributed by atoms with E-state index in [0.29, 0.717) is 11.5 Å². The molecule has 1 unspecified atom stereocenters. The number of ether oxygens (including phenoxy) is 1. The van der Waals surface area contributed by atoms with Crippen LogP contribution < -0.4 is 4.74 Å². The minimum Gasteiger partial charge on any atom is -0.503 e. The molecular formula is C23H25NO4S. The number of carbonyl (C=O) groups is 2. The molecule has 0 radical (unpaired) electrons. The van der Waals surface area contributed by atoms with Crippen LogP contribution >= 0.6 is 11.3 Å². The van der Waals surface area contributed by atoms with Crippen molar-refractivity contribution in [3.05, 3.63) is 63.6 Å². The molecule has 6 heteroatoms. The van der Waals surface area contributed by atoms with Crippen LogP contribution in [-0.4, -0.2) is 34.3 Å². The predicted molar refractivity (Wildman–Crippen MR) is 112 cm³/mol. The van der Waals surface area contributed by atoms with E-state index in [2.05, 4.69) is 0 Å². The highest BCUT2D eigenvalue weighted by molar-refractivity contribution is 7.12. The lowest BCUT2D eigenvalue weighted by Crippen LogP contribution is -2.38. The number of Topliss-reactive ketones (excluding diaryl/α,β-unsaturated/α-hetero) is 1. The molecule has 2 aliphatic rings. The number of aliphatic hydroxyl groups is 1. The summed E-state index contributed by atoms with van der Waals surface area (Å²) in [6, 6.07) is 10.5. The summed E-state index contributed by atoms with van der Waals surface area (Å²) in [4.78, 5) is 28.5. The van der Waals surface area contributed by atoms with Crippen LogP contribution in [0.15, 0.2) is 53.1 Å². The third-order valence-corrected chi connectivity index (χ3v) is 6.49. The van der Waals surface area contributed by atoms with Crippen molar-refractivity contribution in [1.29, 1.82) is 0 Å². The summed E-state index contributed by atoms with van der Waals surface area (Å²) < 4.78 is 5.67. The van der Waals surface area contributed by atoms with Crippen molar-refractivity contribution in [3.63, 3.8) is 0 Å². The largest absolute Gasteiger partial charge is 0.503 e. The Labute approximate surface area is 174 Å². The lowest BCUT2D eigenvalue weighted by atomic mass is 9.94. The minimum atomic E-state index is -0.569. The van der Waals surface area contributed by atoms with Gasteiger partial charge in [0.25, 0.3) is 5.91 Å². The first kappa shape index (κ1) is 19.7. The molecule has 1 aromatic heterocycles. The minimum absolute atomic E-state index is 0.0410. The van der Waals surface area contributed by atoms with Crippen LogP contribution in [0, 0.1) is 0 Å². The Morgan fingerprint density at radius 1 is 1.21 bits per heavy atom. The van der Waals surface area contributed by atoms with Gasteiger partial charge in [-0.1, -0.05) is 38.0 Å². The lowest BCUT2D eigenvalue weighted by molar-refractivity contribution is -0.131. The molecule has 1 atom stereocenters. The van der Waals surface area contributed by atoms with E-state index >= 15 is 0 Å². The van der Waals surface area contributed by atoms with Crippen molar-refractivity contribution in [3.8, 4) is 5.75 Å². The van der Waals surface area contributed by atoms with Crippen molar-refractivity contribution in [2.45, 2.75) is 51.1 Å². The van der Waals surface area contributed by atoms with Crippen molar-refractivity contribution >= 4 is 23.0 Å². The molecular weight excluding hydrogens is 386 g/mol. The highest BCUT2D eigenvalue weighted by atomic mass is 32.1. The van der Waals surface area contributed by atoms with Crippen LogP contribution in [0.1, 0.15) is 60.3 Å². The number of carbonyl (C=O) groups excluding carboxylic acids is 2. The van der Waals surface area contributed by atoms with Crippen LogP contribution in [0.25, 0.3) is 0 Å². The molecule has 1 aliphatic carbocycles. The van der Waals surface area contributed by atoms with Gasteiger partial charge in [-0.25, -0.2) is 0 Å². The highest BCUT2D eigenvalue weighted by Crippen LogP contribution is 2.43. The number of nitrogens with zero attached hydrogens (tertiary/aromatic N) is 1. The number of aliphatic hydroxyl groups excluding tert-OH is 1. The van der Waals surface area contributed by atoms with Crippen LogP contribution in [0.3, 0.4) is 0 Å². The van der Waals surface area contributed by atoms with Gasteiger partial charge in [0.15, 0.2) is 5.76 Å². The zero-order valence-corrected chi connectivity index (χ0v) is 17.3. The number of amides is 1. The van der Waals surface area contributed by atoms with Crippen molar-refractivity contribution in [1.82, 2.24) is 4.90 Å². The van der Waals surface area contributed by atoms with Crippen molar-refractivity contribution in [2.75, 3.05) is 6.61 Å². The Morgan fingerprint density at radius 2 is 1.93 bits per heavy atom. The van der Waals surface area contributed by atoms with E-state index in [9.17, 15) is 14.7 Å². The Balaban J connectivity index is 1.73. The van der Waals surface area contributed by atoms with Gasteiger partial charge in [0.1, 0.15) is 5.75 Å². The second-order valence-corrected chi connectivity index (χ2v) is 8.49. The van der Waals surface area contributed by atoms with E-state index < -0.39 is 17.7 Å². The molecule has 4 rings (SSSR count). The molecule has 1 aromatic carbocycles. The van der Waals surface area contributed by atoms with Gasteiger partial charge < -0.3 is 14.7 Å². The molecule has 2 aromatic rings. The number of hydrogen-bond acceptors (Lipinski definition) is 5. The van der Waals surface area contributed by atoms with Gasteiger partial charge in [-0.15, -0.1) is 11.3 Å². The van der Waals surface area contributed by atoms with Crippen molar-refractivity contribution < 1.29 is 19.4 Å². The Morgan fingerprint density at radius 3 is 2.55 bits per heavy atom. The van der Waals surface area contributed by atoms with Gasteiger partial charge in [0, 0.05) is 6.04 Å². The third-order valence-electron chi connectivity index (χ3n) is 5.62. The van der Waals surface area contributed by atoms with Crippen LogP contribution in [0.4, 0.5) is 0 Å². The van der Waals surface area contributed by atoms with Gasteiger partial charge in [0.05, 0.1) is 23.1 Å². The SMILES string of the molecule is CCCOc1ccc(C2C(C(=O)c3cccs3)=C(O)C(=O)N2C2CCCC2)cc1. The summed E-state index contributed by atoms with van der Waals surface area (Å²) in [5, 5.41) is 12.5. The molecule has 5 nitrogen and oxygen atoms in total. The molecule has 0 saturated heterocycles. The van der Waals surface area contributed by atoms with Crippen LogP contribution in [0.2, 0.25) is 0 Å². The smallest absolute Gasteiger partial charge is 0.290 e. The predicted octanol–water partition coefficient (Wildman–Crippen LogP) is 5.06. The molecule has 1 fully saturated rings. The van der Waals surface area contributed by atoms with E-state index in [1.807, 2.05) is 36.6 Å². The monoisotopic (exact) mass is 411 g/mol. The number of rotatable bonds is 7. The summed E-state index contributed by atoms with van der Waals surface area (Å²) in [6.45, 7) is 2.69. The zero-order chi connectivity index (χ0) is 20.4. The van der Waals surface area contributed by atoms with E-state index in [0.717, 1.165) is 43.4 Å². The second kappa shape index (κ2) is 8.41. The fourth-order valence-corrected chi connectivity index (χ4v) is 4.93. The summed E-state index contributed by atoms with van der Waals surface area (Å²) in [5.41, 5.74) is 1.00. The average Bonchev–Trinajstić information content (AvgIpc) is 3.49. The maximum atomic E-state index is 13.2. The second-order valence-electron chi connectivity index (χ2n) is 7.54. The summed E-state index contributed by atoms with van der Waals surface area (Å²) in [6.07, 6.45) is 4.83. The quantitative estimate of drug-likeness (QED) is 0.647. The first-order chi connectivity index (χ1) is 14.1. The maximum absolute atomic E-state index is 13.2. The number of thiophene rings is 1. The van der Waals surface area contributed by atoms with Gasteiger partial charge in [0.2, 0.25) is 5.78 Å². The Kier molecular flexibility index (Phi) is 5.72. The van der Waals surface area contributed by atoms with Crippen molar-refractivity contribution in [2.24, 2.45) is 0 Å². The highest BCUT2D eigenvalue weighted by Gasteiger charge is 2.47. The Bertz CT molecular complexity index is 911. The molecule has 1 amide bonds. The fraction of sp³-hybridized carbons (Fsp3) is 0.391. The number of ketones is 1. The normalized spacial score (nSPS) is 20.0. The molecule has 1 aliphatic heterocycles. The molecule has 1 N–H and O–H groups in total. The standard InChI is InChI=1S/C23H25NO4S/c1-2-13-28-17-11-9-15(10-12-17)20-19(21(25)18-8-5-14-29-18)22(26)23(27)24(20)16-6-3-4-7-16/h5,8-12,14,16,20,26H,2-4,6-7,13H2,1H3. The maximum Gasteiger partial charge on any atom is 0.290 e. The molecule has 1 saturated carbocycles. The molecule has 2 heterocycles. The van der Waals surface area contributed by atoms with Gasteiger partial charge in [-0.2, -0.15) is 0 Å². The van der Waals surface area contributed by atoms with E-state index in [4.69, 9.17) is 4.74 Å². The van der Waals surface area contributed by atoms with Gasteiger partial charge in [-0.3, -0.25) is 9.59 Å². The molecule has 0 spiro atoms. The topological polar surface area (TPSA) is 66.8 Å². The first-order valence-corrected chi connectivity index (χ1v) is 11.1. The van der Waals surface area contributed by atoms with Gasteiger partial charge in [-0.05, 0) is 48.4 Å². The molecule has 29 heavy (non-hydrogen) atoms. The van der Waals surface area contributed by atoms with Crippen LogP contribution in [-0.2, 0) is 4.79 Å². The van der Waals surface area contributed by atoms with Crippen LogP contribution in [0.5, 0.6) is 5.75 Å². The third kappa shape index (κ3) is 3.69. The zero-order valence-electron chi connectivity index (χ0n) is 16.5. The first-order valence-electron chi connectivity index (χ1n) is 10.2. The molecule has 0 bridgehead atoms. The summed E-state index contributed by atoms with van der Waals surface area (Å²) in [7, 11) is 0. The van der Waals surface area contributed by atoms with Gasteiger partial charge >= 0.3 is 0 Å².